The fourth-order valence-corrected chi connectivity index (χ4v) is 8.00. The number of nitrogens with one attached hydrogen (secondary N) is 1. The highest BCUT2D eigenvalue weighted by molar-refractivity contribution is 6.79. The van der Waals surface area contributed by atoms with Crippen LogP contribution < -0.4 is 10.9 Å². The second kappa shape index (κ2) is 11.7. The molecule has 4 heterocycles. The van der Waals surface area contributed by atoms with E-state index in [4.69, 9.17) is 19.2 Å². The second-order valence-electron chi connectivity index (χ2n) is 13.9. The molecular formula is C34H43N3O7Si. The van der Waals surface area contributed by atoms with E-state index in [-0.39, 0.29) is 36.9 Å². The zero-order chi connectivity index (χ0) is 32.9. The minimum absolute atomic E-state index is 0.0594. The first kappa shape index (κ1) is 32.4. The molecule has 3 aromatic rings. The lowest BCUT2D eigenvalue weighted by molar-refractivity contribution is -0.190. The summed E-state index contributed by atoms with van der Waals surface area (Å²) in [4.78, 5) is 58.7. The van der Waals surface area contributed by atoms with Gasteiger partial charge in [0, 0.05) is 29.5 Å². The zero-order valence-electron chi connectivity index (χ0n) is 27.4. The number of carbonyl (C=O) groups excluding carboxylic acids is 3. The van der Waals surface area contributed by atoms with Crippen molar-refractivity contribution in [2.75, 3.05) is 6.54 Å². The third-order valence-corrected chi connectivity index (χ3v) is 13.9. The number of hydrogen-bond acceptors (Lipinski definition) is 8. The van der Waals surface area contributed by atoms with Gasteiger partial charge in [0.1, 0.15) is 19.4 Å². The van der Waals surface area contributed by atoms with E-state index in [1.54, 1.807) is 32.3 Å². The molecule has 0 fully saturated rings. The Hall–Kier alpha value is -3.99. The van der Waals surface area contributed by atoms with Crippen LogP contribution in [0.15, 0.2) is 41.2 Å². The maximum absolute atomic E-state index is 14.5. The molecule has 0 spiro atoms. The van der Waals surface area contributed by atoms with Crippen LogP contribution in [0.1, 0.15) is 83.2 Å². The van der Waals surface area contributed by atoms with Crippen molar-refractivity contribution in [2.24, 2.45) is 0 Å². The maximum atomic E-state index is 14.5. The lowest BCUT2D eigenvalue weighted by Crippen LogP contribution is -2.54. The summed E-state index contributed by atoms with van der Waals surface area (Å²) in [6.45, 7) is 16.0. The van der Waals surface area contributed by atoms with Crippen LogP contribution >= 0.6 is 0 Å². The van der Waals surface area contributed by atoms with E-state index in [0.29, 0.717) is 29.1 Å². The lowest BCUT2D eigenvalue weighted by atomic mass is 9.85. The fourth-order valence-electron chi connectivity index (χ4n) is 5.96. The largest absolute Gasteiger partial charge is 0.458 e. The van der Waals surface area contributed by atoms with Crippen molar-refractivity contribution in [2.45, 2.75) is 103 Å². The smallest absolute Gasteiger partial charge is 0.407 e. The molecule has 1 amide bonds. The molecule has 0 saturated heterocycles. The molecular weight excluding hydrogens is 590 g/mol. The monoisotopic (exact) mass is 633 g/mol. The molecule has 240 valence electrons. The minimum atomic E-state index is -2.39. The van der Waals surface area contributed by atoms with Crippen LogP contribution in [0.4, 0.5) is 4.79 Å². The molecule has 1 N–H and O–H groups in total. The summed E-state index contributed by atoms with van der Waals surface area (Å²) in [5, 5.41) is 3.61. The molecule has 10 nitrogen and oxygen atoms in total. The molecule has 2 aliphatic heterocycles. The summed E-state index contributed by atoms with van der Waals surface area (Å²) in [7, 11) is -2.39. The number of cyclic esters (lactones) is 1. The van der Waals surface area contributed by atoms with Crippen molar-refractivity contribution in [1.29, 1.82) is 0 Å². The van der Waals surface area contributed by atoms with Gasteiger partial charge in [-0.05, 0) is 57.4 Å². The third kappa shape index (κ3) is 5.90. The number of ether oxygens (including phenoxy) is 3. The summed E-state index contributed by atoms with van der Waals surface area (Å²) < 4.78 is 19.2. The van der Waals surface area contributed by atoms with E-state index >= 15 is 0 Å². The van der Waals surface area contributed by atoms with Crippen LogP contribution in [0.5, 0.6) is 0 Å². The SMILES string of the molecule is CCC1(OC(=O)CCCNC(=O)OC(C)(C)C)C(=O)OC([Si](C)(C)C(C)C)c2c1cc1n(c2=O)Cc2cc3ccccc3nc2-1. The van der Waals surface area contributed by atoms with Crippen molar-refractivity contribution in [3.63, 3.8) is 0 Å². The van der Waals surface area contributed by atoms with Crippen LogP contribution in [0, 0.1) is 0 Å². The average molecular weight is 634 g/mol. The van der Waals surface area contributed by atoms with Gasteiger partial charge in [-0.1, -0.05) is 52.1 Å². The molecule has 11 heteroatoms. The number of benzene rings is 1. The van der Waals surface area contributed by atoms with Gasteiger partial charge >= 0.3 is 18.0 Å². The Kier molecular flexibility index (Phi) is 8.45. The number of rotatable bonds is 8. The topological polar surface area (TPSA) is 126 Å². The quantitative estimate of drug-likeness (QED) is 0.106. The Bertz CT molecular complexity index is 1740. The molecule has 5 rings (SSSR count). The van der Waals surface area contributed by atoms with Gasteiger partial charge in [0.05, 0.1) is 29.0 Å². The third-order valence-electron chi connectivity index (χ3n) is 9.14. The van der Waals surface area contributed by atoms with E-state index in [1.807, 2.05) is 36.4 Å². The van der Waals surface area contributed by atoms with E-state index in [9.17, 15) is 19.2 Å². The van der Waals surface area contributed by atoms with E-state index < -0.39 is 43.0 Å². The molecule has 2 unspecified atom stereocenters. The molecule has 2 atom stereocenters. The highest BCUT2D eigenvalue weighted by Crippen LogP contribution is 2.48. The van der Waals surface area contributed by atoms with Gasteiger partial charge < -0.3 is 24.1 Å². The standard InChI is InChI=1S/C34H43N3O7Si/c1-9-34(43-26(38)15-12-16-35-32(41)44-33(4,5)6)23-18-25-28-22(17-21-13-10-11-14-24(21)36-28)19-37(25)29(39)27(23)30(42-31(34)40)45(7,8)20(2)3/h10-11,13-14,17-18,20,30H,9,12,15-16,19H2,1-8H3,(H,35,41). The molecule has 0 radical (unpaired) electrons. The molecule has 2 aromatic heterocycles. The Morgan fingerprint density at radius 2 is 1.89 bits per heavy atom. The van der Waals surface area contributed by atoms with E-state index in [1.165, 1.54) is 0 Å². The number of amides is 1. The van der Waals surface area contributed by atoms with Gasteiger partial charge in [0.15, 0.2) is 0 Å². The molecule has 2 aliphatic rings. The second-order valence-corrected chi connectivity index (χ2v) is 19.2. The zero-order valence-corrected chi connectivity index (χ0v) is 28.4. The molecule has 0 saturated carbocycles. The number of fused-ring (bicyclic) bond motifs is 5. The van der Waals surface area contributed by atoms with E-state index in [0.717, 1.165) is 16.5 Å². The van der Waals surface area contributed by atoms with Crippen molar-refractivity contribution in [1.82, 2.24) is 14.9 Å². The highest BCUT2D eigenvalue weighted by Gasteiger charge is 2.56. The lowest BCUT2D eigenvalue weighted by Gasteiger charge is -2.44. The summed E-state index contributed by atoms with van der Waals surface area (Å²) in [5.41, 5.74) is 0.545. The number of esters is 2. The van der Waals surface area contributed by atoms with Gasteiger partial charge in [-0.3, -0.25) is 9.59 Å². The number of carbonyl (C=O) groups is 3. The molecule has 1 aromatic carbocycles. The predicted molar refractivity (Wildman–Crippen MR) is 173 cm³/mol. The van der Waals surface area contributed by atoms with Gasteiger partial charge in [-0.15, -0.1) is 0 Å². The van der Waals surface area contributed by atoms with E-state index in [2.05, 4.69) is 32.3 Å². The molecule has 45 heavy (non-hydrogen) atoms. The number of alkyl carbamates (subject to hydrolysis) is 1. The summed E-state index contributed by atoms with van der Waals surface area (Å²) in [6.07, 6.45) is -0.286. The van der Waals surface area contributed by atoms with Crippen LogP contribution in [0.2, 0.25) is 18.6 Å². The van der Waals surface area contributed by atoms with Crippen molar-refractivity contribution < 1.29 is 28.6 Å². The van der Waals surface area contributed by atoms with Gasteiger partial charge in [0.2, 0.25) is 5.60 Å². The number of pyridine rings is 2. The first-order valence-corrected chi connectivity index (χ1v) is 18.8. The van der Waals surface area contributed by atoms with Crippen LogP contribution in [0.3, 0.4) is 0 Å². The molecule has 0 aliphatic carbocycles. The van der Waals surface area contributed by atoms with Crippen LogP contribution in [-0.2, 0) is 35.9 Å². The Labute approximate surface area is 264 Å². The first-order chi connectivity index (χ1) is 21.1. The average Bonchev–Trinajstić information content (AvgIpc) is 3.32. The summed E-state index contributed by atoms with van der Waals surface area (Å²) in [6, 6.07) is 11.7. The molecule has 0 bridgehead atoms. The Morgan fingerprint density at radius 1 is 1.18 bits per heavy atom. The number of hydrogen-bond donors (Lipinski definition) is 1. The van der Waals surface area contributed by atoms with Crippen LogP contribution in [0.25, 0.3) is 22.3 Å². The van der Waals surface area contributed by atoms with Gasteiger partial charge in [-0.2, -0.15) is 0 Å². The number of nitrogens with zero attached hydrogens (tertiary/aromatic N) is 2. The number of para-hydroxylation sites is 1. The fraction of sp³-hybridized carbons (Fsp3) is 0.500. The first-order valence-electron chi connectivity index (χ1n) is 15.7. The van der Waals surface area contributed by atoms with Crippen molar-refractivity contribution in [3.05, 3.63) is 63.4 Å². The normalized spacial score (nSPS) is 19.0. The Balaban J connectivity index is 1.54. The summed E-state index contributed by atoms with van der Waals surface area (Å²) in [5.74, 6) is -1.30. The van der Waals surface area contributed by atoms with Gasteiger partial charge in [0.25, 0.3) is 5.56 Å². The van der Waals surface area contributed by atoms with Crippen molar-refractivity contribution >= 4 is 37.0 Å². The minimum Gasteiger partial charge on any atom is -0.458 e. The van der Waals surface area contributed by atoms with Crippen LogP contribution in [-0.4, -0.2) is 47.8 Å². The summed E-state index contributed by atoms with van der Waals surface area (Å²) >= 11 is 0. The van der Waals surface area contributed by atoms with Crippen molar-refractivity contribution in [3.8, 4) is 11.4 Å². The Morgan fingerprint density at radius 3 is 2.56 bits per heavy atom. The number of aromatic nitrogens is 2. The van der Waals surface area contributed by atoms with Gasteiger partial charge in [-0.25, -0.2) is 14.6 Å². The predicted octanol–water partition coefficient (Wildman–Crippen LogP) is 6.13. The highest BCUT2D eigenvalue weighted by atomic mass is 28.3. The maximum Gasteiger partial charge on any atom is 0.407 e.